The van der Waals surface area contributed by atoms with Gasteiger partial charge in [-0.05, 0) is 99.4 Å². The summed E-state index contributed by atoms with van der Waals surface area (Å²) in [5.74, 6) is 3.27. The number of hydrogen-bond acceptors (Lipinski definition) is 5. The highest BCUT2D eigenvalue weighted by Crippen LogP contribution is 2.52. The highest BCUT2D eigenvalue weighted by Gasteiger charge is 2.48. The Morgan fingerprint density at radius 1 is 0.951 bits per heavy atom. The number of aromatic nitrogens is 2. The van der Waals surface area contributed by atoms with Crippen LogP contribution in [0, 0.1) is 11.3 Å². The number of allylic oxidation sites excluding steroid dienone is 1. The molecule has 220 valence electrons. The zero-order valence-electron chi connectivity index (χ0n) is 25.3. The second-order valence-electron chi connectivity index (χ2n) is 14.0. The molecule has 1 aromatic heterocycles. The normalized spacial score (nSPS) is 25.1. The number of aryl methyl sites for hydroxylation is 1. The first-order valence-electron chi connectivity index (χ1n) is 16.4. The molecular formula is C35H50N6. The fraction of sp³-hybridized carbons (Fsp3) is 0.629. The van der Waals surface area contributed by atoms with Crippen molar-refractivity contribution in [2.45, 2.75) is 89.0 Å². The minimum Gasteiger partial charge on any atom is -0.375 e. The first kappa shape index (κ1) is 27.1. The molecule has 0 radical (unpaired) electrons. The third kappa shape index (κ3) is 5.11. The van der Waals surface area contributed by atoms with Crippen LogP contribution in [-0.4, -0.2) is 58.3 Å². The molecular weight excluding hydrogens is 504 g/mol. The van der Waals surface area contributed by atoms with Gasteiger partial charge in [-0.25, -0.2) is 0 Å². The average Bonchev–Trinajstić information content (AvgIpc) is 3.31. The maximum atomic E-state index is 4.90. The highest BCUT2D eigenvalue weighted by atomic mass is 15.4. The predicted octanol–water partition coefficient (Wildman–Crippen LogP) is 6.88. The van der Waals surface area contributed by atoms with Crippen molar-refractivity contribution >= 4 is 16.7 Å². The molecule has 5 aliphatic rings. The molecule has 4 heterocycles. The van der Waals surface area contributed by atoms with Gasteiger partial charge in [-0.3, -0.25) is 4.68 Å². The molecule has 0 atom stereocenters. The Morgan fingerprint density at radius 3 is 2.39 bits per heavy atom. The van der Waals surface area contributed by atoms with Crippen LogP contribution in [0.4, 0.5) is 5.82 Å². The molecule has 2 aliphatic carbocycles. The summed E-state index contributed by atoms with van der Waals surface area (Å²) < 4.78 is 2.05. The Kier molecular flexibility index (Phi) is 7.17. The van der Waals surface area contributed by atoms with E-state index in [9.17, 15) is 0 Å². The Balaban J connectivity index is 0.920. The van der Waals surface area contributed by atoms with Crippen molar-refractivity contribution in [2.24, 2.45) is 18.4 Å². The first-order chi connectivity index (χ1) is 19.9. The number of fused-ring (bicyclic) bond motifs is 1. The summed E-state index contributed by atoms with van der Waals surface area (Å²) in [6, 6.07) is 7.87. The molecule has 41 heavy (non-hydrogen) atoms. The maximum absolute atomic E-state index is 4.90. The molecule has 0 bridgehead atoms. The van der Waals surface area contributed by atoms with E-state index in [2.05, 4.69) is 65.0 Å². The Bertz CT molecular complexity index is 1310. The molecule has 5 fully saturated rings. The van der Waals surface area contributed by atoms with Crippen molar-refractivity contribution in [1.82, 2.24) is 24.9 Å². The minimum absolute atomic E-state index is 0.621. The van der Waals surface area contributed by atoms with Crippen LogP contribution in [0.3, 0.4) is 0 Å². The lowest BCUT2D eigenvalue weighted by atomic mass is 9.59. The van der Waals surface area contributed by atoms with Gasteiger partial charge >= 0.3 is 0 Å². The van der Waals surface area contributed by atoms with E-state index in [1.165, 1.54) is 119 Å². The van der Waals surface area contributed by atoms with E-state index < -0.39 is 0 Å². The maximum Gasteiger partial charge on any atom is 0.164 e. The van der Waals surface area contributed by atoms with Crippen LogP contribution in [0.25, 0.3) is 10.9 Å². The number of likely N-dealkylation sites (tertiary alicyclic amines) is 2. The van der Waals surface area contributed by atoms with Crippen molar-refractivity contribution in [3.05, 3.63) is 60.7 Å². The molecule has 1 spiro atoms. The van der Waals surface area contributed by atoms with E-state index in [1.807, 2.05) is 4.68 Å². The third-order valence-corrected chi connectivity index (χ3v) is 11.6. The molecule has 0 amide bonds. The summed E-state index contributed by atoms with van der Waals surface area (Å²) in [7, 11) is 2.07. The van der Waals surface area contributed by atoms with Gasteiger partial charge in [0.2, 0.25) is 0 Å². The number of rotatable bonds is 5. The Morgan fingerprint density at radius 2 is 1.68 bits per heavy atom. The van der Waals surface area contributed by atoms with Crippen molar-refractivity contribution in [3.8, 4) is 0 Å². The number of anilines is 1. The predicted molar refractivity (Wildman–Crippen MR) is 170 cm³/mol. The minimum atomic E-state index is 0.621. The highest BCUT2D eigenvalue weighted by molar-refractivity contribution is 5.92. The number of nitrogens with one attached hydrogen (secondary N) is 1. The Hall–Kier alpha value is -2.73. The van der Waals surface area contributed by atoms with Gasteiger partial charge in [-0.2, -0.15) is 5.10 Å². The topological polar surface area (TPSA) is 39.6 Å². The lowest BCUT2D eigenvalue weighted by molar-refractivity contribution is -0.0459. The largest absolute Gasteiger partial charge is 0.375 e. The van der Waals surface area contributed by atoms with Gasteiger partial charge in [0.15, 0.2) is 5.82 Å². The van der Waals surface area contributed by atoms with E-state index in [4.69, 9.17) is 5.10 Å². The molecule has 3 saturated heterocycles. The van der Waals surface area contributed by atoms with Crippen LogP contribution in [-0.2, 0) is 7.05 Å². The number of piperidine rings is 2. The van der Waals surface area contributed by atoms with Gasteiger partial charge in [0, 0.05) is 55.9 Å². The molecule has 1 aromatic carbocycles. The summed E-state index contributed by atoms with van der Waals surface area (Å²) in [5, 5.41) is 9.41. The number of benzene rings is 1. The quantitative estimate of drug-likeness (QED) is 0.436. The zero-order chi connectivity index (χ0) is 28.1. The fourth-order valence-corrected chi connectivity index (χ4v) is 8.82. The first-order valence-corrected chi connectivity index (χ1v) is 16.4. The van der Waals surface area contributed by atoms with Crippen LogP contribution in [0.2, 0.25) is 0 Å². The van der Waals surface area contributed by atoms with Crippen molar-refractivity contribution in [3.63, 3.8) is 0 Å². The van der Waals surface area contributed by atoms with Crippen LogP contribution >= 0.6 is 0 Å². The summed E-state index contributed by atoms with van der Waals surface area (Å²) in [5.41, 5.74) is 5.81. The van der Waals surface area contributed by atoms with Gasteiger partial charge in [-0.15, -0.1) is 0 Å². The van der Waals surface area contributed by atoms with Crippen molar-refractivity contribution < 1.29 is 0 Å². The second-order valence-corrected chi connectivity index (χ2v) is 14.0. The molecule has 2 saturated carbocycles. The van der Waals surface area contributed by atoms with Crippen LogP contribution in [0.1, 0.15) is 88.5 Å². The average molecular weight is 555 g/mol. The second kappa shape index (κ2) is 10.8. The van der Waals surface area contributed by atoms with Gasteiger partial charge in [-0.1, -0.05) is 45.1 Å². The molecule has 6 nitrogen and oxygen atoms in total. The SMILES string of the molecule is C=C1CCN(c2nn(C)c3cc(C4CCN(C5CC6(CCN(C(=C)C7CCCCC7)CC6)C5)CC4)ccc23)C(=C)N1. The van der Waals surface area contributed by atoms with Crippen molar-refractivity contribution in [1.29, 1.82) is 0 Å². The summed E-state index contributed by atoms with van der Waals surface area (Å²) in [6.07, 6.45) is 16.0. The standard InChI is InChI=1S/C35H50N6/c1-25-12-19-41(27(3)36-25)34-32-11-10-30(22-33(32)38(4)37-34)29-13-17-40(18-14-29)31-23-35(24-31)15-20-39(21-16-35)26(2)28-8-6-5-7-9-28/h10-11,22,28-29,31,36H,1-3,5-9,12-21,23-24H2,4H3. The fourth-order valence-electron chi connectivity index (χ4n) is 8.82. The van der Waals surface area contributed by atoms with E-state index in [0.29, 0.717) is 11.3 Å². The van der Waals surface area contributed by atoms with E-state index >= 15 is 0 Å². The van der Waals surface area contributed by atoms with Gasteiger partial charge in [0.25, 0.3) is 0 Å². The lowest BCUT2D eigenvalue weighted by Crippen LogP contribution is -2.56. The summed E-state index contributed by atoms with van der Waals surface area (Å²) in [6.45, 7) is 18.7. The summed E-state index contributed by atoms with van der Waals surface area (Å²) >= 11 is 0. The van der Waals surface area contributed by atoms with E-state index in [1.54, 1.807) is 0 Å². The smallest absolute Gasteiger partial charge is 0.164 e. The zero-order valence-corrected chi connectivity index (χ0v) is 25.3. The lowest BCUT2D eigenvalue weighted by Gasteiger charge is -2.57. The molecule has 2 aromatic rings. The Labute approximate surface area is 247 Å². The van der Waals surface area contributed by atoms with Gasteiger partial charge < -0.3 is 20.0 Å². The molecule has 0 unspecified atom stereocenters. The van der Waals surface area contributed by atoms with Gasteiger partial charge in [0.1, 0.15) is 5.82 Å². The number of hydrogen-bond donors (Lipinski definition) is 1. The summed E-state index contributed by atoms with van der Waals surface area (Å²) in [4.78, 5) is 7.69. The molecule has 6 heteroatoms. The molecule has 7 rings (SSSR count). The third-order valence-electron chi connectivity index (χ3n) is 11.6. The van der Waals surface area contributed by atoms with Crippen LogP contribution < -0.4 is 10.2 Å². The van der Waals surface area contributed by atoms with Crippen LogP contribution in [0.5, 0.6) is 0 Å². The monoisotopic (exact) mass is 554 g/mol. The van der Waals surface area contributed by atoms with E-state index in [-0.39, 0.29) is 0 Å². The molecule has 1 N–H and O–H groups in total. The van der Waals surface area contributed by atoms with Crippen molar-refractivity contribution in [2.75, 3.05) is 37.6 Å². The van der Waals surface area contributed by atoms with Gasteiger partial charge in [0.05, 0.1) is 5.52 Å². The van der Waals surface area contributed by atoms with E-state index in [0.717, 1.165) is 42.3 Å². The molecule has 3 aliphatic heterocycles. The number of nitrogens with zero attached hydrogens (tertiary/aromatic N) is 5. The van der Waals surface area contributed by atoms with Crippen LogP contribution in [0.15, 0.2) is 55.2 Å².